The van der Waals surface area contributed by atoms with Gasteiger partial charge >= 0.3 is 0 Å². The van der Waals surface area contributed by atoms with Crippen molar-refractivity contribution in [3.8, 4) is 0 Å². The maximum absolute atomic E-state index is 11.0. The van der Waals surface area contributed by atoms with Crippen molar-refractivity contribution < 1.29 is 4.79 Å². The minimum absolute atomic E-state index is 0.403. The molecule has 0 aliphatic carbocycles. The third-order valence-corrected chi connectivity index (χ3v) is 2.43. The van der Waals surface area contributed by atoms with E-state index in [1.54, 1.807) is 0 Å². The van der Waals surface area contributed by atoms with Crippen LogP contribution >= 0.6 is 0 Å². The van der Waals surface area contributed by atoms with Gasteiger partial charge in [0.15, 0.2) is 0 Å². The van der Waals surface area contributed by atoms with Gasteiger partial charge in [0.25, 0.3) is 0 Å². The number of carbonyl (C=O) groups excluding carboxylic acids is 1. The molecule has 1 rings (SSSR count). The molecule has 0 bridgehead atoms. The van der Waals surface area contributed by atoms with E-state index in [1.165, 1.54) is 12.8 Å². The highest BCUT2D eigenvalue weighted by molar-refractivity contribution is 5.81. The zero-order valence-corrected chi connectivity index (χ0v) is 7.47. The first-order valence-electron chi connectivity index (χ1n) is 4.46. The van der Waals surface area contributed by atoms with E-state index >= 15 is 0 Å². The number of likely N-dealkylation sites (tertiary alicyclic amines) is 1. The number of carbonyl (C=O) groups is 1. The lowest BCUT2D eigenvalue weighted by molar-refractivity contribution is -0.123. The molecule has 1 unspecified atom stereocenters. The molecule has 1 aliphatic rings. The number of hydrogen-bond acceptors (Lipinski definition) is 2. The van der Waals surface area contributed by atoms with Crippen LogP contribution in [0.1, 0.15) is 32.6 Å². The van der Waals surface area contributed by atoms with Crippen LogP contribution in [-0.4, -0.2) is 30.3 Å². The molecule has 0 spiro atoms. The average molecular weight is 155 g/mol. The summed E-state index contributed by atoms with van der Waals surface area (Å²) in [7, 11) is 2.05. The quantitative estimate of drug-likeness (QED) is 0.601. The standard InChI is InChI=1S/C9H17NO/c1-3-4-8-5-6-9(11)7-10(8)2/h8H,3-7H2,1-2H3. The predicted octanol–water partition coefficient (Wildman–Crippen LogP) is 1.45. The summed E-state index contributed by atoms with van der Waals surface area (Å²) in [5.41, 5.74) is 0. The smallest absolute Gasteiger partial charge is 0.146 e. The molecule has 1 fully saturated rings. The molecule has 0 aromatic rings. The van der Waals surface area contributed by atoms with Gasteiger partial charge in [-0.3, -0.25) is 9.69 Å². The van der Waals surface area contributed by atoms with Gasteiger partial charge in [-0.2, -0.15) is 0 Å². The molecule has 1 saturated heterocycles. The maximum Gasteiger partial charge on any atom is 0.146 e. The number of piperidine rings is 1. The molecule has 0 radical (unpaired) electrons. The maximum atomic E-state index is 11.0. The van der Waals surface area contributed by atoms with Crippen LogP contribution in [0.15, 0.2) is 0 Å². The topological polar surface area (TPSA) is 20.3 Å². The van der Waals surface area contributed by atoms with E-state index in [0.717, 1.165) is 12.8 Å². The largest absolute Gasteiger partial charge is 0.298 e. The fourth-order valence-electron chi connectivity index (χ4n) is 1.73. The monoisotopic (exact) mass is 155 g/mol. The fourth-order valence-corrected chi connectivity index (χ4v) is 1.73. The van der Waals surface area contributed by atoms with Crippen molar-refractivity contribution in [2.45, 2.75) is 38.6 Å². The summed E-state index contributed by atoms with van der Waals surface area (Å²) in [4.78, 5) is 13.2. The molecule has 0 aromatic carbocycles. The number of Topliss-reactive ketones (excluding diaryl/α,β-unsaturated/α-hetero) is 1. The van der Waals surface area contributed by atoms with E-state index in [-0.39, 0.29) is 0 Å². The van der Waals surface area contributed by atoms with Crippen molar-refractivity contribution in [1.82, 2.24) is 4.90 Å². The Morgan fingerprint density at radius 2 is 2.36 bits per heavy atom. The first-order chi connectivity index (χ1) is 5.24. The number of rotatable bonds is 2. The number of likely N-dealkylation sites (N-methyl/N-ethyl adjacent to an activating group) is 1. The van der Waals surface area contributed by atoms with E-state index < -0.39 is 0 Å². The van der Waals surface area contributed by atoms with Crippen molar-refractivity contribution in [3.05, 3.63) is 0 Å². The number of nitrogens with zero attached hydrogens (tertiary/aromatic N) is 1. The van der Waals surface area contributed by atoms with Crippen LogP contribution in [-0.2, 0) is 4.79 Å². The van der Waals surface area contributed by atoms with Crippen LogP contribution in [0.2, 0.25) is 0 Å². The third kappa shape index (κ3) is 2.29. The van der Waals surface area contributed by atoms with Crippen LogP contribution in [0, 0.1) is 0 Å². The first kappa shape index (κ1) is 8.72. The van der Waals surface area contributed by atoms with Gasteiger partial charge in [-0.05, 0) is 19.9 Å². The normalized spacial score (nSPS) is 27.5. The highest BCUT2D eigenvalue weighted by atomic mass is 16.1. The van der Waals surface area contributed by atoms with Crippen molar-refractivity contribution in [2.75, 3.05) is 13.6 Å². The van der Waals surface area contributed by atoms with Gasteiger partial charge < -0.3 is 0 Å². The summed E-state index contributed by atoms with van der Waals surface area (Å²) in [6.07, 6.45) is 4.34. The second-order valence-corrected chi connectivity index (χ2v) is 3.43. The molecule has 0 amide bonds. The number of ketones is 1. The van der Waals surface area contributed by atoms with Crippen molar-refractivity contribution in [2.24, 2.45) is 0 Å². The molecular weight excluding hydrogens is 138 g/mol. The van der Waals surface area contributed by atoms with Crippen molar-refractivity contribution >= 4 is 5.78 Å². The van der Waals surface area contributed by atoms with Gasteiger partial charge in [0.1, 0.15) is 5.78 Å². The second kappa shape index (κ2) is 3.86. The molecule has 2 heteroatoms. The Labute approximate surface area is 68.6 Å². The van der Waals surface area contributed by atoms with Gasteiger partial charge in [0, 0.05) is 12.5 Å². The summed E-state index contributed by atoms with van der Waals surface area (Å²) in [5, 5.41) is 0. The lowest BCUT2D eigenvalue weighted by Crippen LogP contribution is -2.40. The molecule has 1 atom stereocenters. The summed E-state index contributed by atoms with van der Waals surface area (Å²) in [6.45, 7) is 2.87. The Balaban J connectivity index is 2.37. The zero-order chi connectivity index (χ0) is 8.27. The van der Waals surface area contributed by atoms with Crippen LogP contribution < -0.4 is 0 Å². The first-order valence-corrected chi connectivity index (χ1v) is 4.46. The van der Waals surface area contributed by atoms with Gasteiger partial charge in [-0.1, -0.05) is 13.3 Å². The van der Waals surface area contributed by atoms with Crippen LogP contribution in [0.3, 0.4) is 0 Å². The minimum Gasteiger partial charge on any atom is -0.298 e. The molecule has 1 aliphatic heterocycles. The van der Waals surface area contributed by atoms with Gasteiger partial charge in [-0.15, -0.1) is 0 Å². The average Bonchev–Trinajstić information content (AvgIpc) is 1.95. The van der Waals surface area contributed by atoms with Crippen LogP contribution in [0.25, 0.3) is 0 Å². The summed E-state index contributed by atoms with van der Waals surface area (Å²) < 4.78 is 0. The Morgan fingerprint density at radius 3 is 2.91 bits per heavy atom. The minimum atomic E-state index is 0.403. The van der Waals surface area contributed by atoms with E-state index in [2.05, 4.69) is 18.9 Å². The van der Waals surface area contributed by atoms with Gasteiger partial charge in [-0.25, -0.2) is 0 Å². The Morgan fingerprint density at radius 1 is 1.64 bits per heavy atom. The lowest BCUT2D eigenvalue weighted by atomic mass is 9.98. The molecule has 11 heavy (non-hydrogen) atoms. The Bertz CT molecular complexity index is 144. The zero-order valence-electron chi connectivity index (χ0n) is 7.47. The van der Waals surface area contributed by atoms with E-state index in [1.807, 2.05) is 0 Å². The Hall–Kier alpha value is -0.370. The summed E-state index contributed by atoms with van der Waals surface area (Å²) in [5.74, 6) is 0.403. The molecule has 64 valence electrons. The Kier molecular flexibility index (Phi) is 3.06. The third-order valence-electron chi connectivity index (χ3n) is 2.43. The molecule has 0 saturated carbocycles. The number of hydrogen-bond donors (Lipinski definition) is 0. The SMILES string of the molecule is CCCC1CCC(=O)CN1C. The molecule has 0 N–H and O–H groups in total. The van der Waals surface area contributed by atoms with Crippen LogP contribution in [0.4, 0.5) is 0 Å². The van der Waals surface area contributed by atoms with E-state index in [0.29, 0.717) is 18.4 Å². The summed E-state index contributed by atoms with van der Waals surface area (Å²) >= 11 is 0. The second-order valence-electron chi connectivity index (χ2n) is 3.43. The van der Waals surface area contributed by atoms with E-state index in [9.17, 15) is 4.79 Å². The highest BCUT2D eigenvalue weighted by Crippen LogP contribution is 2.16. The molecule has 2 nitrogen and oxygen atoms in total. The lowest BCUT2D eigenvalue weighted by Gasteiger charge is -2.31. The van der Waals surface area contributed by atoms with E-state index in [4.69, 9.17) is 0 Å². The highest BCUT2D eigenvalue weighted by Gasteiger charge is 2.22. The van der Waals surface area contributed by atoms with Crippen molar-refractivity contribution in [3.63, 3.8) is 0 Å². The molecular formula is C9H17NO. The van der Waals surface area contributed by atoms with Crippen LogP contribution in [0.5, 0.6) is 0 Å². The molecule has 0 aromatic heterocycles. The van der Waals surface area contributed by atoms with Crippen molar-refractivity contribution in [1.29, 1.82) is 0 Å². The van der Waals surface area contributed by atoms with Gasteiger partial charge in [0.2, 0.25) is 0 Å². The molecule has 1 heterocycles. The van der Waals surface area contributed by atoms with Gasteiger partial charge in [0.05, 0.1) is 6.54 Å². The fraction of sp³-hybridized carbons (Fsp3) is 0.889. The summed E-state index contributed by atoms with van der Waals surface area (Å²) in [6, 6.07) is 0.665. The predicted molar refractivity (Wildman–Crippen MR) is 45.6 cm³/mol.